The van der Waals surface area contributed by atoms with E-state index < -0.39 is 35.3 Å². The number of Topliss-reactive ketones (excluding diaryl/α,β-unsaturated/α-hetero) is 1. The van der Waals surface area contributed by atoms with Crippen LogP contribution in [0.3, 0.4) is 0 Å². The van der Waals surface area contributed by atoms with Crippen LogP contribution >= 0.6 is 0 Å². The van der Waals surface area contributed by atoms with Crippen LogP contribution in [0.2, 0.25) is 0 Å². The molecule has 0 aromatic rings. The molecule has 0 radical (unpaired) electrons. The fourth-order valence-electron chi connectivity index (χ4n) is 9.21. The number of carbonyl (C=O) groups excluding carboxylic acids is 2. The number of aliphatic hydroxyl groups excluding tert-OH is 2. The van der Waals surface area contributed by atoms with Crippen molar-refractivity contribution in [2.75, 3.05) is 19.7 Å². The summed E-state index contributed by atoms with van der Waals surface area (Å²) in [5.41, 5.74) is -0.811. The zero-order chi connectivity index (χ0) is 26.8. The number of hydrogen-bond donors (Lipinski definition) is 2. The van der Waals surface area contributed by atoms with Gasteiger partial charge in [-0.15, -0.1) is 0 Å². The van der Waals surface area contributed by atoms with Crippen LogP contribution in [0, 0.1) is 34.5 Å². The van der Waals surface area contributed by atoms with E-state index in [-0.39, 0.29) is 41.7 Å². The molecule has 4 fully saturated rings. The average Bonchev–Trinajstić information content (AvgIpc) is 3.34. The second kappa shape index (κ2) is 9.51. The summed E-state index contributed by atoms with van der Waals surface area (Å²) in [7, 11) is 0. The SMILES string of the molecule is C/C=C(\CC)CCCN1C[C@@H]2CC3[C@@H]4C[C@H](F)C5=CC(=O)C=C[C@]5(C)C4C(O)C[C@]3(C)[C@]2(C(=O)CO)O1. The molecule has 0 bridgehead atoms. The number of rotatable bonds is 7. The van der Waals surface area contributed by atoms with E-state index in [1.807, 2.05) is 18.9 Å². The number of hydrogen-bond acceptors (Lipinski definition) is 6. The molecule has 0 aromatic heterocycles. The van der Waals surface area contributed by atoms with Crippen LogP contribution in [-0.2, 0) is 14.4 Å². The maximum atomic E-state index is 15.7. The minimum atomic E-state index is -1.27. The van der Waals surface area contributed by atoms with Gasteiger partial charge in [-0.3, -0.25) is 14.4 Å². The van der Waals surface area contributed by atoms with Gasteiger partial charge in [0.15, 0.2) is 17.2 Å². The highest BCUT2D eigenvalue weighted by Crippen LogP contribution is 2.70. The van der Waals surface area contributed by atoms with Crippen molar-refractivity contribution in [3.8, 4) is 0 Å². The molecular formula is C30H42FNO5. The van der Waals surface area contributed by atoms with Crippen LogP contribution in [0.25, 0.3) is 0 Å². The Morgan fingerprint density at radius 2 is 2.08 bits per heavy atom. The summed E-state index contributed by atoms with van der Waals surface area (Å²) < 4.78 is 15.7. The van der Waals surface area contributed by atoms with Crippen LogP contribution in [0.5, 0.6) is 0 Å². The summed E-state index contributed by atoms with van der Waals surface area (Å²) in [4.78, 5) is 32.2. The van der Waals surface area contributed by atoms with E-state index in [2.05, 4.69) is 19.9 Å². The standard InChI is InChI=1S/C30H42FNO5/c1-5-18(6-2)8-7-11-32-16-19-12-22-21-14-24(31)23-13-20(34)9-10-28(23,3)27(21)25(35)15-29(22,4)30(19,37-32)26(36)17-33/h5,9-10,13,19,21-22,24-25,27,33,35H,6-8,11-12,14-17H2,1-4H3/b18-5+/t19-,21-,22?,24-,25?,27?,28-,29-,30-/m0/s1. The van der Waals surface area contributed by atoms with Crippen LogP contribution in [0.15, 0.2) is 35.5 Å². The van der Waals surface area contributed by atoms with Gasteiger partial charge in [0.05, 0.1) is 6.10 Å². The van der Waals surface area contributed by atoms with Crippen molar-refractivity contribution in [3.63, 3.8) is 0 Å². The Balaban J connectivity index is 1.45. The molecule has 2 N–H and O–H groups in total. The van der Waals surface area contributed by atoms with E-state index in [1.165, 1.54) is 17.7 Å². The summed E-state index contributed by atoms with van der Waals surface area (Å²) in [5.74, 6) is -1.08. The van der Waals surface area contributed by atoms with Crippen LogP contribution in [-0.4, -0.2) is 64.4 Å². The number of ketones is 2. The number of aliphatic hydroxyl groups is 2. The number of allylic oxidation sites excluding steroid dienone is 6. The summed E-state index contributed by atoms with van der Waals surface area (Å²) in [6.45, 7) is 8.84. The molecule has 5 aliphatic rings. The first-order chi connectivity index (χ1) is 17.6. The van der Waals surface area contributed by atoms with Crippen molar-refractivity contribution in [1.29, 1.82) is 0 Å². The third-order valence-electron chi connectivity index (χ3n) is 10.9. The number of halogens is 1. The van der Waals surface area contributed by atoms with Gasteiger partial charge < -0.3 is 10.2 Å². The molecule has 3 saturated carbocycles. The first-order valence-corrected chi connectivity index (χ1v) is 14.0. The summed E-state index contributed by atoms with van der Waals surface area (Å²) >= 11 is 0. The Morgan fingerprint density at radius 3 is 2.76 bits per heavy atom. The van der Waals surface area contributed by atoms with Crippen molar-refractivity contribution in [1.82, 2.24) is 5.06 Å². The second-order valence-corrected chi connectivity index (χ2v) is 12.4. The quantitative estimate of drug-likeness (QED) is 0.496. The smallest absolute Gasteiger partial charge is 0.192 e. The maximum absolute atomic E-state index is 15.7. The molecule has 1 heterocycles. The molecule has 7 heteroatoms. The Hall–Kier alpha value is -1.67. The lowest BCUT2D eigenvalue weighted by Crippen LogP contribution is -2.64. The highest BCUT2D eigenvalue weighted by Gasteiger charge is 2.75. The van der Waals surface area contributed by atoms with Gasteiger partial charge in [0.25, 0.3) is 0 Å². The van der Waals surface area contributed by atoms with Gasteiger partial charge in [0, 0.05) is 35.8 Å². The predicted molar refractivity (Wildman–Crippen MR) is 138 cm³/mol. The third-order valence-corrected chi connectivity index (χ3v) is 10.9. The molecule has 6 nitrogen and oxygen atoms in total. The third kappa shape index (κ3) is 3.79. The van der Waals surface area contributed by atoms with Gasteiger partial charge >= 0.3 is 0 Å². The Morgan fingerprint density at radius 1 is 1.32 bits per heavy atom. The van der Waals surface area contributed by atoms with Crippen molar-refractivity contribution in [3.05, 3.63) is 35.5 Å². The van der Waals surface area contributed by atoms with E-state index in [9.17, 15) is 19.8 Å². The van der Waals surface area contributed by atoms with Crippen molar-refractivity contribution in [2.45, 2.75) is 84.1 Å². The summed E-state index contributed by atoms with van der Waals surface area (Å²) in [5, 5.41) is 23.6. The molecule has 1 saturated heterocycles. The molecular weight excluding hydrogens is 473 g/mol. The Kier molecular flexibility index (Phi) is 6.92. The van der Waals surface area contributed by atoms with Crippen LogP contribution < -0.4 is 0 Å². The molecule has 3 unspecified atom stereocenters. The molecule has 0 spiro atoms. The van der Waals surface area contributed by atoms with Gasteiger partial charge in [0.2, 0.25) is 0 Å². The topological polar surface area (TPSA) is 87.1 Å². The Labute approximate surface area is 219 Å². The molecule has 1 aliphatic heterocycles. The molecule has 5 rings (SSSR count). The zero-order valence-corrected chi connectivity index (χ0v) is 22.6. The van der Waals surface area contributed by atoms with Crippen LogP contribution in [0.1, 0.15) is 66.2 Å². The van der Waals surface area contributed by atoms with E-state index in [0.717, 1.165) is 19.3 Å². The number of carbonyl (C=O) groups is 2. The normalized spacial score (nSPS) is 45.2. The van der Waals surface area contributed by atoms with Gasteiger partial charge in [-0.05, 0) is 75.0 Å². The molecule has 0 amide bonds. The summed E-state index contributed by atoms with van der Waals surface area (Å²) in [6, 6.07) is 0. The van der Waals surface area contributed by atoms with Crippen molar-refractivity contribution < 1.29 is 29.0 Å². The largest absolute Gasteiger partial charge is 0.393 e. The summed E-state index contributed by atoms with van der Waals surface area (Å²) in [6.07, 6.45) is 8.99. The number of alkyl halides is 1. The number of fused-ring (bicyclic) bond motifs is 7. The lowest BCUT2D eigenvalue weighted by Gasteiger charge is -2.60. The maximum Gasteiger partial charge on any atom is 0.192 e. The molecule has 0 aromatic carbocycles. The van der Waals surface area contributed by atoms with Gasteiger partial charge in [-0.1, -0.05) is 38.5 Å². The number of nitrogens with zero attached hydrogens (tertiary/aromatic N) is 1. The fourth-order valence-corrected chi connectivity index (χ4v) is 9.21. The van der Waals surface area contributed by atoms with Crippen molar-refractivity contribution in [2.24, 2.45) is 34.5 Å². The van der Waals surface area contributed by atoms with Crippen LogP contribution in [0.4, 0.5) is 4.39 Å². The molecule has 37 heavy (non-hydrogen) atoms. The number of hydroxylamine groups is 2. The first kappa shape index (κ1) is 26.9. The predicted octanol–water partition coefficient (Wildman–Crippen LogP) is 4.12. The van der Waals surface area contributed by atoms with Gasteiger partial charge in [-0.2, -0.15) is 5.06 Å². The minimum Gasteiger partial charge on any atom is -0.393 e. The zero-order valence-electron chi connectivity index (χ0n) is 22.6. The lowest BCUT2D eigenvalue weighted by atomic mass is 9.46. The Bertz CT molecular complexity index is 1050. The molecule has 4 aliphatic carbocycles. The van der Waals surface area contributed by atoms with E-state index in [0.29, 0.717) is 31.5 Å². The van der Waals surface area contributed by atoms with E-state index in [4.69, 9.17) is 4.84 Å². The monoisotopic (exact) mass is 515 g/mol. The van der Waals surface area contributed by atoms with Gasteiger partial charge in [0.1, 0.15) is 12.8 Å². The average molecular weight is 516 g/mol. The van der Waals surface area contributed by atoms with Crippen molar-refractivity contribution >= 4 is 11.6 Å². The second-order valence-electron chi connectivity index (χ2n) is 12.4. The van der Waals surface area contributed by atoms with E-state index >= 15 is 4.39 Å². The lowest BCUT2D eigenvalue weighted by molar-refractivity contribution is -0.252. The highest BCUT2D eigenvalue weighted by atomic mass is 19.1. The highest BCUT2D eigenvalue weighted by molar-refractivity contribution is 6.01. The first-order valence-electron chi connectivity index (χ1n) is 14.0. The minimum absolute atomic E-state index is 0.0269. The van der Waals surface area contributed by atoms with E-state index in [1.54, 1.807) is 6.08 Å². The van der Waals surface area contributed by atoms with Gasteiger partial charge in [-0.25, -0.2) is 4.39 Å². The molecule has 9 atom stereocenters. The molecule has 204 valence electrons. The fraction of sp³-hybridized carbons (Fsp3) is 0.733.